The van der Waals surface area contributed by atoms with Crippen molar-refractivity contribution in [2.45, 2.75) is 10.6 Å². The molecule has 1 aromatic carbocycles. The first-order valence-corrected chi connectivity index (χ1v) is 7.24. The van der Waals surface area contributed by atoms with E-state index < -0.39 is 0 Å². The van der Waals surface area contributed by atoms with Crippen molar-refractivity contribution in [2.24, 2.45) is 5.84 Å². The predicted molar refractivity (Wildman–Crippen MR) is 75.9 cm³/mol. The number of benzene rings is 1. The van der Waals surface area contributed by atoms with Gasteiger partial charge in [-0.05, 0) is 18.2 Å². The summed E-state index contributed by atoms with van der Waals surface area (Å²) in [6, 6.07) is 5.60. The first kappa shape index (κ1) is 13.0. The van der Waals surface area contributed by atoms with Gasteiger partial charge in [-0.25, -0.2) is 10.8 Å². The average molecular weight is 306 g/mol. The zero-order chi connectivity index (χ0) is 12.3. The molecule has 1 aromatic heterocycles. The van der Waals surface area contributed by atoms with Crippen LogP contribution in [0.4, 0.5) is 5.13 Å². The molecule has 3 nitrogen and oxygen atoms in total. The van der Waals surface area contributed by atoms with Crippen LogP contribution in [-0.2, 0) is 5.75 Å². The first-order valence-electron chi connectivity index (χ1n) is 4.68. The van der Waals surface area contributed by atoms with E-state index >= 15 is 0 Å². The summed E-state index contributed by atoms with van der Waals surface area (Å²) in [5, 5.41) is 1.86. The summed E-state index contributed by atoms with van der Waals surface area (Å²) in [5.41, 5.74) is 2.52. The highest BCUT2D eigenvalue weighted by Crippen LogP contribution is 2.31. The van der Waals surface area contributed by atoms with E-state index in [0.29, 0.717) is 10.0 Å². The Morgan fingerprint density at radius 2 is 2.18 bits per heavy atom. The third kappa shape index (κ3) is 3.50. The summed E-state index contributed by atoms with van der Waals surface area (Å²) in [5.74, 6) is 6.10. The van der Waals surface area contributed by atoms with Crippen molar-refractivity contribution < 1.29 is 0 Å². The van der Waals surface area contributed by atoms with Gasteiger partial charge in [0.2, 0.25) is 0 Å². The summed E-state index contributed by atoms with van der Waals surface area (Å²) in [7, 11) is 0. The standard InChI is InChI=1S/C10H9Cl2N3S2/c11-8-2-1-6(3-9(8)12)16-5-7-4-14-10(15-13)17-7/h1-4H,5,13H2,(H,14,15). The van der Waals surface area contributed by atoms with Crippen molar-refractivity contribution in [2.75, 3.05) is 5.43 Å². The molecule has 2 rings (SSSR count). The molecule has 2 aromatic rings. The number of nitrogens with zero attached hydrogens (tertiary/aromatic N) is 1. The maximum atomic E-state index is 5.94. The molecule has 0 fully saturated rings. The van der Waals surface area contributed by atoms with E-state index in [1.807, 2.05) is 18.3 Å². The second kappa shape index (κ2) is 5.93. The minimum Gasteiger partial charge on any atom is -0.300 e. The van der Waals surface area contributed by atoms with Crippen molar-refractivity contribution in [3.8, 4) is 0 Å². The van der Waals surface area contributed by atoms with Gasteiger partial charge in [-0.1, -0.05) is 23.2 Å². The average Bonchev–Trinajstić information content (AvgIpc) is 2.79. The summed E-state index contributed by atoms with van der Waals surface area (Å²) >= 11 is 15.0. The Morgan fingerprint density at radius 1 is 1.35 bits per heavy atom. The maximum absolute atomic E-state index is 5.94. The molecule has 0 unspecified atom stereocenters. The number of nitrogen functional groups attached to an aromatic ring is 1. The first-order chi connectivity index (χ1) is 8.19. The Balaban J connectivity index is 1.99. The van der Waals surface area contributed by atoms with Crippen molar-refractivity contribution in [1.29, 1.82) is 0 Å². The lowest BCUT2D eigenvalue weighted by Crippen LogP contribution is -2.05. The number of hydrogen-bond donors (Lipinski definition) is 2. The van der Waals surface area contributed by atoms with Crippen LogP contribution in [0.3, 0.4) is 0 Å². The van der Waals surface area contributed by atoms with Gasteiger partial charge in [0, 0.05) is 21.7 Å². The van der Waals surface area contributed by atoms with E-state index in [4.69, 9.17) is 29.0 Å². The number of nitrogens with one attached hydrogen (secondary N) is 1. The highest BCUT2D eigenvalue weighted by molar-refractivity contribution is 7.98. The minimum absolute atomic E-state index is 0.573. The molecule has 17 heavy (non-hydrogen) atoms. The minimum atomic E-state index is 0.573. The third-order valence-corrected chi connectivity index (χ3v) is 4.84. The predicted octanol–water partition coefficient (Wildman–Crippen LogP) is 4.03. The molecule has 0 atom stereocenters. The molecule has 0 bridgehead atoms. The Labute approximate surface area is 117 Å². The number of nitrogens with two attached hydrogens (primary N) is 1. The van der Waals surface area contributed by atoms with Crippen LogP contribution in [0.1, 0.15) is 4.88 Å². The number of thioether (sulfide) groups is 1. The molecule has 0 radical (unpaired) electrons. The van der Waals surface area contributed by atoms with Crippen LogP contribution in [0.25, 0.3) is 0 Å². The fourth-order valence-corrected chi connectivity index (χ4v) is 3.20. The SMILES string of the molecule is NNc1ncc(CSc2ccc(Cl)c(Cl)c2)s1. The van der Waals surface area contributed by atoms with Gasteiger partial charge in [0.05, 0.1) is 10.0 Å². The molecule has 0 aliphatic rings. The summed E-state index contributed by atoms with van der Waals surface area (Å²) in [4.78, 5) is 6.33. The zero-order valence-corrected chi connectivity index (χ0v) is 11.8. The molecule has 0 aliphatic heterocycles. The van der Waals surface area contributed by atoms with Gasteiger partial charge in [-0.15, -0.1) is 23.1 Å². The van der Waals surface area contributed by atoms with E-state index in [0.717, 1.165) is 20.7 Å². The molecular formula is C10H9Cl2N3S2. The lowest BCUT2D eigenvalue weighted by atomic mass is 10.4. The normalized spacial score (nSPS) is 10.5. The highest BCUT2D eigenvalue weighted by atomic mass is 35.5. The van der Waals surface area contributed by atoms with Gasteiger partial charge in [-0.3, -0.25) is 5.43 Å². The molecule has 0 saturated carbocycles. The molecule has 3 N–H and O–H groups in total. The number of anilines is 1. The Morgan fingerprint density at radius 3 is 2.82 bits per heavy atom. The smallest absolute Gasteiger partial charge is 0.197 e. The molecule has 1 heterocycles. The lowest BCUT2D eigenvalue weighted by Gasteiger charge is -2.01. The Kier molecular flexibility index (Phi) is 4.53. The van der Waals surface area contributed by atoms with Crippen LogP contribution in [-0.4, -0.2) is 4.98 Å². The monoisotopic (exact) mass is 305 g/mol. The molecule has 0 amide bonds. The Hall–Kier alpha value is -0.460. The fourth-order valence-electron chi connectivity index (χ4n) is 1.16. The summed E-state index contributed by atoms with van der Waals surface area (Å²) in [6.07, 6.45) is 1.81. The van der Waals surface area contributed by atoms with Crippen molar-refractivity contribution in [1.82, 2.24) is 4.98 Å². The van der Waals surface area contributed by atoms with Gasteiger partial charge in [0.15, 0.2) is 5.13 Å². The fraction of sp³-hybridized carbons (Fsp3) is 0.100. The second-order valence-electron chi connectivity index (χ2n) is 3.14. The van der Waals surface area contributed by atoms with Crippen molar-refractivity contribution in [3.05, 3.63) is 39.3 Å². The van der Waals surface area contributed by atoms with Gasteiger partial charge in [-0.2, -0.15) is 0 Å². The third-order valence-electron chi connectivity index (χ3n) is 1.95. The van der Waals surface area contributed by atoms with Crippen molar-refractivity contribution >= 4 is 51.4 Å². The molecule has 0 aliphatic carbocycles. The number of halogens is 2. The number of rotatable bonds is 4. The Bertz CT molecular complexity index is 516. The zero-order valence-electron chi connectivity index (χ0n) is 8.61. The highest BCUT2D eigenvalue weighted by Gasteiger charge is 2.03. The molecule has 90 valence electrons. The van der Waals surface area contributed by atoms with E-state index in [-0.39, 0.29) is 0 Å². The van der Waals surface area contributed by atoms with Crippen LogP contribution in [0.15, 0.2) is 29.3 Å². The van der Waals surface area contributed by atoms with Crippen LogP contribution in [0.5, 0.6) is 0 Å². The topological polar surface area (TPSA) is 50.9 Å². The van der Waals surface area contributed by atoms with E-state index in [9.17, 15) is 0 Å². The number of hydrogen-bond acceptors (Lipinski definition) is 5. The van der Waals surface area contributed by atoms with Crippen LogP contribution in [0, 0.1) is 0 Å². The number of thiazole rings is 1. The quantitative estimate of drug-likeness (QED) is 0.509. The molecule has 0 saturated heterocycles. The van der Waals surface area contributed by atoms with Gasteiger partial charge >= 0.3 is 0 Å². The van der Waals surface area contributed by atoms with Crippen LogP contribution in [0.2, 0.25) is 10.0 Å². The molecular weight excluding hydrogens is 297 g/mol. The molecule has 7 heteroatoms. The van der Waals surface area contributed by atoms with Crippen LogP contribution < -0.4 is 11.3 Å². The molecule has 0 spiro atoms. The van der Waals surface area contributed by atoms with Gasteiger partial charge < -0.3 is 0 Å². The van der Waals surface area contributed by atoms with Crippen LogP contribution >= 0.6 is 46.3 Å². The largest absolute Gasteiger partial charge is 0.300 e. The summed E-state index contributed by atoms with van der Waals surface area (Å²) in [6.45, 7) is 0. The van der Waals surface area contributed by atoms with E-state index in [1.165, 1.54) is 11.3 Å². The van der Waals surface area contributed by atoms with Gasteiger partial charge in [0.25, 0.3) is 0 Å². The van der Waals surface area contributed by atoms with Gasteiger partial charge in [0.1, 0.15) is 0 Å². The number of hydrazine groups is 1. The van der Waals surface area contributed by atoms with Crippen molar-refractivity contribution in [3.63, 3.8) is 0 Å². The second-order valence-corrected chi connectivity index (χ2v) is 6.12. The number of aromatic nitrogens is 1. The maximum Gasteiger partial charge on any atom is 0.197 e. The summed E-state index contributed by atoms with van der Waals surface area (Å²) < 4.78 is 0. The van der Waals surface area contributed by atoms with E-state index in [2.05, 4.69) is 10.4 Å². The lowest BCUT2D eigenvalue weighted by molar-refractivity contribution is 1.28. The van der Waals surface area contributed by atoms with E-state index in [1.54, 1.807) is 17.8 Å².